The number of hydrogen-bond donors (Lipinski definition) is 2. The topological polar surface area (TPSA) is 84.6 Å². The van der Waals surface area contributed by atoms with Crippen LogP contribution >= 0.6 is 0 Å². The third-order valence-corrected chi connectivity index (χ3v) is 15.5. The molecule has 3 aromatic heterocycles. The molecule has 3 heterocycles. The van der Waals surface area contributed by atoms with Gasteiger partial charge >= 0.3 is 0 Å². The average Bonchev–Trinajstić information content (AvgIpc) is 4.34. The summed E-state index contributed by atoms with van der Waals surface area (Å²) in [6.45, 7) is 23.2. The van der Waals surface area contributed by atoms with Crippen LogP contribution in [0.3, 0.4) is 0 Å². The Morgan fingerprint density at radius 3 is 1.33 bits per heavy atom. The lowest BCUT2D eigenvalue weighted by molar-refractivity contribution is 0.0706. The molecular weight excluding hydrogens is 1010 g/mol. The lowest BCUT2D eigenvalue weighted by Crippen LogP contribution is -2.29. The van der Waals surface area contributed by atoms with Gasteiger partial charge < -0.3 is 19.2 Å². The van der Waals surface area contributed by atoms with E-state index in [0.29, 0.717) is 12.3 Å². The SMILES string of the molecule is C=C(c1cncn1Cc1ccccc1)C(c1ccccc1)c1ccccc1.Cc1cc(C)cc(C(CCc2cnc[nH]2)c2cc(C)cc(C)c2)c1.Cc1cc(C)cc(C(O)(CCc2cncn2Cc2ccccc2)c2cc(C)cc(C)c2)c1. The van der Waals surface area contributed by atoms with Crippen molar-refractivity contribution < 1.29 is 5.11 Å². The molecule has 8 aromatic carbocycles. The molecule has 0 spiro atoms. The van der Waals surface area contributed by atoms with Crippen molar-refractivity contribution in [2.75, 3.05) is 0 Å². The smallest absolute Gasteiger partial charge is 0.115 e. The molecule has 83 heavy (non-hydrogen) atoms. The molecule has 11 rings (SSSR count). The molecule has 0 aliphatic carbocycles. The highest BCUT2D eigenvalue weighted by molar-refractivity contribution is 5.71. The monoisotopic (exact) mass is 1090 g/mol. The van der Waals surface area contributed by atoms with Gasteiger partial charge in [0, 0.05) is 48.7 Å². The van der Waals surface area contributed by atoms with Gasteiger partial charge in [0.15, 0.2) is 0 Å². The van der Waals surface area contributed by atoms with Gasteiger partial charge in [-0.25, -0.2) is 15.0 Å². The molecular formula is C76H80N6O. The summed E-state index contributed by atoms with van der Waals surface area (Å²) in [5.41, 5.74) is 23.1. The number of aromatic nitrogens is 6. The number of H-pyrrole nitrogens is 1. The van der Waals surface area contributed by atoms with Crippen LogP contribution in [-0.2, 0) is 31.5 Å². The minimum Gasteiger partial charge on any atom is -0.380 e. The zero-order chi connectivity index (χ0) is 58.3. The Morgan fingerprint density at radius 1 is 0.470 bits per heavy atom. The van der Waals surface area contributed by atoms with E-state index in [9.17, 15) is 5.11 Å². The highest BCUT2D eigenvalue weighted by Gasteiger charge is 2.33. The number of rotatable bonds is 18. The lowest BCUT2D eigenvalue weighted by atomic mass is 9.80. The standard InChI is InChI=1S/C29H32N2O.C25H22N2.C22H26N2/c1-21-12-22(2)15-26(14-21)29(32,27-16-23(3)13-24(4)17-27)11-10-28-18-30-20-31(28)19-25-8-6-5-7-9-25;1-20(24-17-26-19-27(24)18-21-11-5-2-6-12-21)25(22-13-7-3-8-14-22)23-15-9-4-10-16-23;1-15-7-16(2)10-19(9-15)22(6-5-21-13-23-14-24-21)20-11-17(3)8-18(4)12-20/h5-9,12-18,20,32H,10-11,19H2,1-4H3;2-17,19,25H,1,18H2;7-14,22H,5-6H2,1-4H3,(H,23,24). The van der Waals surface area contributed by atoms with E-state index >= 15 is 0 Å². The molecule has 7 heteroatoms. The Bertz CT molecular complexity index is 3600. The zero-order valence-electron chi connectivity index (χ0n) is 49.7. The van der Waals surface area contributed by atoms with Gasteiger partial charge in [-0.15, -0.1) is 0 Å². The van der Waals surface area contributed by atoms with Gasteiger partial charge in [-0.2, -0.15) is 0 Å². The Balaban J connectivity index is 0.000000151. The van der Waals surface area contributed by atoms with Crippen molar-refractivity contribution in [2.24, 2.45) is 0 Å². The van der Waals surface area contributed by atoms with Crippen LogP contribution in [-0.4, -0.2) is 34.2 Å². The van der Waals surface area contributed by atoms with Crippen LogP contribution in [0.1, 0.15) is 131 Å². The predicted molar refractivity (Wildman–Crippen MR) is 343 cm³/mol. The van der Waals surface area contributed by atoms with E-state index in [2.05, 4.69) is 261 Å². The van der Waals surface area contributed by atoms with Gasteiger partial charge in [0.25, 0.3) is 0 Å². The van der Waals surface area contributed by atoms with E-state index in [-0.39, 0.29) is 5.92 Å². The molecule has 11 aromatic rings. The third kappa shape index (κ3) is 15.8. The molecule has 0 aliphatic rings. The summed E-state index contributed by atoms with van der Waals surface area (Å²) >= 11 is 0. The van der Waals surface area contributed by atoms with Gasteiger partial charge in [0.2, 0.25) is 0 Å². The first kappa shape index (κ1) is 58.7. The second-order valence-electron chi connectivity index (χ2n) is 22.8. The zero-order valence-corrected chi connectivity index (χ0v) is 49.7. The summed E-state index contributed by atoms with van der Waals surface area (Å²) < 4.78 is 4.36. The Kier molecular flexibility index (Phi) is 19.6. The van der Waals surface area contributed by atoms with Crippen molar-refractivity contribution in [3.63, 3.8) is 0 Å². The molecule has 420 valence electrons. The number of imidazole rings is 3. The fourth-order valence-electron chi connectivity index (χ4n) is 11.9. The van der Waals surface area contributed by atoms with Gasteiger partial charge in [-0.05, 0) is 131 Å². The van der Waals surface area contributed by atoms with Crippen LogP contribution in [0.5, 0.6) is 0 Å². The van der Waals surface area contributed by atoms with E-state index < -0.39 is 5.60 Å². The van der Waals surface area contributed by atoms with Crippen LogP contribution in [0, 0.1) is 55.4 Å². The normalized spacial score (nSPS) is 11.3. The van der Waals surface area contributed by atoms with E-state index in [1.165, 1.54) is 61.3 Å². The summed E-state index contributed by atoms with van der Waals surface area (Å²) in [6, 6.07) is 68.6. The summed E-state index contributed by atoms with van der Waals surface area (Å²) in [5.74, 6) is 0.504. The van der Waals surface area contributed by atoms with Crippen LogP contribution < -0.4 is 0 Å². The van der Waals surface area contributed by atoms with E-state index in [0.717, 1.165) is 82.7 Å². The second-order valence-corrected chi connectivity index (χ2v) is 22.8. The van der Waals surface area contributed by atoms with E-state index in [4.69, 9.17) is 0 Å². The molecule has 0 radical (unpaired) electrons. The number of aryl methyl sites for hydroxylation is 10. The van der Waals surface area contributed by atoms with Crippen molar-refractivity contribution in [3.05, 3.63) is 344 Å². The van der Waals surface area contributed by atoms with Crippen LogP contribution in [0.2, 0.25) is 0 Å². The highest BCUT2D eigenvalue weighted by atomic mass is 16.3. The van der Waals surface area contributed by atoms with Gasteiger partial charge in [-0.1, -0.05) is 245 Å². The van der Waals surface area contributed by atoms with E-state index in [1.807, 2.05) is 55.5 Å². The Hall–Kier alpha value is -8.91. The van der Waals surface area contributed by atoms with Gasteiger partial charge in [0.1, 0.15) is 5.60 Å². The number of benzene rings is 8. The molecule has 0 saturated carbocycles. The number of aromatic amines is 1. The maximum Gasteiger partial charge on any atom is 0.115 e. The van der Waals surface area contributed by atoms with Crippen molar-refractivity contribution in [3.8, 4) is 0 Å². The minimum atomic E-state index is -1.07. The fourth-order valence-corrected chi connectivity index (χ4v) is 11.9. The number of nitrogens with one attached hydrogen (secondary N) is 1. The van der Waals surface area contributed by atoms with Gasteiger partial charge in [0.05, 0.1) is 30.9 Å². The van der Waals surface area contributed by atoms with Gasteiger partial charge in [-0.3, -0.25) is 0 Å². The Morgan fingerprint density at radius 2 is 0.880 bits per heavy atom. The molecule has 0 bridgehead atoms. The summed E-state index contributed by atoms with van der Waals surface area (Å²) in [6.07, 6.45) is 14.7. The summed E-state index contributed by atoms with van der Waals surface area (Å²) in [5, 5.41) is 12.2. The maximum absolute atomic E-state index is 12.2. The summed E-state index contributed by atoms with van der Waals surface area (Å²) in [7, 11) is 0. The highest BCUT2D eigenvalue weighted by Crippen LogP contribution is 2.39. The Labute approximate surface area is 493 Å². The largest absolute Gasteiger partial charge is 0.380 e. The maximum atomic E-state index is 12.2. The molecule has 0 unspecified atom stereocenters. The molecule has 0 saturated heterocycles. The quantitative estimate of drug-likeness (QED) is 0.0897. The number of allylic oxidation sites excluding steroid dienone is 1. The second kappa shape index (κ2) is 27.7. The number of aliphatic hydroxyl groups is 1. The molecule has 0 fully saturated rings. The van der Waals surface area contributed by atoms with Crippen molar-refractivity contribution in [1.29, 1.82) is 0 Å². The molecule has 7 nitrogen and oxygen atoms in total. The minimum absolute atomic E-state index is 0.0959. The molecule has 0 atom stereocenters. The lowest BCUT2D eigenvalue weighted by Gasteiger charge is -2.31. The van der Waals surface area contributed by atoms with Crippen LogP contribution in [0.25, 0.3) is 5.57 Å². The van der Waals surface area contributed by atoms with Crippen molar-refractivity contribution in [1.82, 2.24) is 29.1 Å². The number of hydrogen-bond acceptors (Lipinski definition) is 4. The predicted octanol–water partition coefficient (Wildman–Crippen LogP) is 17.2. The van der Waals surface area contributed by atoms with Crippen molar-refractivity contribution in [2.45, 2.75) is 112 Å². The first-order valence-corrected chi connectivity index (χ1v) is 29.1. The molecule has 0 aliphatic heterocycles. The first-order valence-electron chi connectivity index (χ1n) is 29.1. The fraction of sp³-hybridized carbons (Fsp3) is 0.224. The first-order chi connectivity index (χ1) is 40.2. The van der Waals surface area contributed by atoms with Crippen LogP contribution in [0.4, 0.5) is 0 Å². The van der Waals surface area contributed by atoms with Crippen molar-refractivity contribution >= 4 is 5.57 Å². The molecule has 2 N–H and O–H groups in total. The third-order valence-electron chi connectivity index (χ3n) is 15.5. The summed E-state index contributed by atoms with van der Waals surface area (Å²) in [4.78, 5) is 16.2. The van der Waals surface area contributed by atoms with Crippen LogP contribution in [0.15, 0.2) is 238 Å². The number of nitrogens with zero attached hydrogens (tertiary/aromatic N) is 5. The van der Waals surface area contributed by atoms with E-state index in [1.54, 1.807) is 6.33 Å². The molecule has 0 amide bonds. The average molecular weight is 1090 g/mol.